The molecule has 108 valence electrons. The van der Waals surface area contributed by atoms with Gasteiger partial charge in [0, 0.05) is 4.47 Å². The van der Waals surface area contributed by atoms with Gasteiger partial charge in [-0.2, -0.15) is 0 Å². The van der Waals surface area contributed by atoms with Crippen molar-refractivity contribution in [3.63, 3.8) is 0 Å². The number of nitrogens with one attached hydrogen (secondary N) is 1. The lowest BCUT2D eigenvalue weighted by atomic mass is 10.2. The molecule has 0 bridgehead atoms. The number of anilines is 1. The van der Waals surface area contributed by atoms with Crippen molar-refractivity contribution in [2.45, 2.75) is 6.92 Å². The summed E-state index contributed by atoms with van der Waals surface area (Å²) in [5.74, 6) is -0.357. The zero-order chi connectivity index (χ0) is 15.1. The SMILES string of the molecule is CCOC(=O)c1ccc(N=NNc2ccccc2)c(Br)c1. The standard InChI is InChI=1S/C15H14BrN3O2/c1-2-21-15(20)11-8-9-14(13(16)10-11)18-19-17-12-6-4-3-5-7-12/h3-10H,2H2,1H3,(H,17,18). The van der Waals surface area contributed by atoms with Crippen LogP contribution in [-0.4, -0.2) is 12.6 Å². The summed E-state index contributed by atoms with van der Waals surface area (Å²) in [6.45, 7) is 2.11. The molecule has 2 rings (SSSR count). The van der Waals surface area contributed by atoms with E-state index in [2.05, 4.69) is 31.7 Å². The van der Waals surface area contributed by atoms with Crippen LogP contribution in [0.15, 0.2) is 63.3 Å². The van der Waals surface area contributed by atoms with Gasteiger partial charge >= 0.3 is 5.97 Å². The molecule has 0 atom stereocenters. The number of nitrogens with zero attached hydrogens (tertiary/aromatic N) is 2. The molecule has 0 aliphatic heterocycles. The van der Waals surface area contributed by atoms with E-state index < -0.39 is 0 Å². The largest absolute Gasteiger partial charge is 0.462 e. The van der Waals surface area contributed by atoms with Gasteiger partial charge in [0.15, 0.2) is 0 Å². The third-order valence-corrected chi connectivity index (χ3v) is 3.20. The number of carbonyl (C=O) groups is 1. The lowest BCUT2D eigenvalue weighted by Gasteiger charge is -2.03. The Morgan fingerprint density at radius 3 is 2.67 bits per heavy atom. The normalized spacial score (nSPS) is 10.6. The van der Waals surface area contributed by atoms with E-state index in [4.69, 9.17) is 4.74 Å². The van der Waals surface area contributed by atoms with Gasteiger partial charge in [0.2, 0.25) is 0 Å². The molecule has 0 fully saturated rings. The van der Waals surface area contributed by atoms with E-state index in [0.717, 1.165) is 5.69 Å². The maximum Gasteiger partial charge on any atom is 0.338 e. The molecule has 1 N–H and O–H groups in total. The highest BCUT2D eigenvalue weighted by molar-refractivity contribution is 9.10. The van der Waals surface area contributed by atoms with Gasteiger partial charge in [-0.05, 0) is 53.2 Å². The minimum atomic E-state index is -0.357. The average Bonchev–Trinajstić information content (AvgIpc) is 2.50. The van der Waals surface area contributed by atoms with Crippen molar-refractivity contribution in [3.05, 3.63) is 58.6 Å². The van der Waals surface area contributed by atoms with Gasteiger partial charge in [-0.15, -0.1) is 5.11 Å². The van der Waals surface area contributed by atoms with Crippen molar-refractivity contribution in [2.24, 2.45) is 10.3 Å². The van der Waals surface area contributed by atoms with E-state index >= 15 is 0 Å². The van der Waals surface area contributed by atoms with Crippen LogP contribution >= 0.6 is 15.9 Å². The Hall–Kier alpha value is -2.21. The Morgan fingerprint density at radius 2 is 2.00 bits per heavy atom. The number of carbonyl (C=O) groups excluding carboxylic acids is 1. The topological polar surface area (TPSA) is 63.0 Å². The Balaban J connectivity index is 2.05. The van der Waals surface area contributed by atoms with Crippen LogP contribution in [0.5, 0.6) is 0 Å². The summed E-state index contributed by atoms with van der Waals surface area (Å²) >= 11 is 3.36. The molecule has 5 nitrogen and oxygen atoms in total. The van der Waals surface area contributed by atoms with Crippen molar-refractivity contribution in [1.82, 2.24) is 0 Å². The Labute approximate surface area is 131 Å². The van der Waals surface area contributed by atoms with Crippen LogP contribution in [0.3, 0.4) is 0 Å². The molecule has 0 aliphatic rings. The lowest BCUT2D eigenvalue weighted by Crippen LogP contribution is -2.04. The fourth-order valence-corrected chi connectivity index (χ4v) is 2.04. The molecule has 0 saturated carbocycles. The maximum atomic E-state index is 11.6. The third kappa shape index (κ3) is 4.39. The van der Waals surface area contributed by atoms with Crippen molar-refractivity contribution >= 4 is 33.3 Å². The smallest absolute Gasteiger partial charge is 0.338 e. The van der Waals surface area contributed by atoms with E-state index in [1.54, 1.807) is 25.1 Å². The molecule has 2 aromatic carbocycles. The zero-order valence-electron chi connectivity index (χ0n) is 11.4. The molecule has 0 heterocycles. The fourth-order valence-electron chi connectivity index (χ4n) is 1.58. The first kappa shape index (κ1) is 15.2. The highest BCUT2D eigenvalue weighted by Crippen LogP contribution is 2.27. The second-order valence-corrected chi connectivity index (χ2v) is 4.92. The van der Waals surface area contributed by atoms with Crippen LogP contribution in [-0.2, 0) is 4.74 Å². The van der Waals surface area contributed by atoms with E-state index in [1.165, 1.54) is 0 Å². The van der Waals surface area contributed by atoms with E-state index in [1.807, 2.05) is 30.3 Å². The molecule has 0 spiro atoms. The number of rotatable bonds is 5. The van der Waals surface area contributed by atoms with Crippen molar-refractivity contribution in [3.8, 4) is 0 Å². The summed E-state index contributed by atoms with van der Waals surface area (Å²) in [7, 11) is 0. The minimum Gasteiger partial charge on any atom is -0.462 e. The second kappa shape index (κ2) is 7.54. The van der Waals surface area contributed by atoms with Crippen LogP contribution in [0.4, 0.5) is 11.4 Å². The minimum absolute atomic E-state index is 0.346. The predicted molar refractivity (Wildman–Crippen MR) is 84.7 cm³/mol. The molecule has 6 heteroatoms. The summed E-state index contributed by atoms with van der Waals surface area (Å²) in [6.07, 6.45) is 0. The summed E-state index contributed by atoms with van der Waals surface area (Å²) in [4.78, 5) is 11.6. The first-order valence-corrected chi connectivity index (χ1v) is 7.18. The Morgan fingerprint density at radius 1 is 1.24 bits per heavy atom. The van der Waals surface area contributed by atoms with Gasteiger partial charge in [0.05, 0.1) is 17.9 Å². The van der Waals surface area contributed by atoms with E-state index in [0.29, 0.717) is 22.3 Å². The van der Waals surface area contributed by atoms with Crippen LogP contribution in [0.2, 0.25) is 0 Å². The quantitative estimate of drug-likeness (QED) is 0.482. The maximum absolute atomic E-state index is 11.6. The van der Waals surface area contributed by atoms with Gasteiger partial charge in [0.1, 0.15) is 5.69 Å². The molecule has 2 aromatic rings. The number of esters is 1. The molecule has 0 aromatic heterocycles. The molecule has 0 radical (unpaired) electrons. The molecule has 0 unspecified atom stereocenters. The highest BCUT2D eigenvalue weighted by atomic mass is 79.9. The number of halogens is 1. The van der Waals surface area contributed by atoms with Crippen molar-refractivity contribution < 1.29 is 9.53 Å². The molecule has 21 heavy (non-hydrogen) atoms. The Bertz CT molecular complexity index is 645. The van der Waals surface area contributed by atoms with Gasteiger partial charge in [-0.3, -0.25) is 5.43 Å². The van der Waals surface area contributed by atoms with Crippen molar-refractivity contribution in [1.29, 1.82) is 0 Å². The first-order valence-electron chi connectivity index (χ1n) is 6.39. The van der Waals surface area contributed by atoms with Crippen LogP contribution in [0.1, 0.15) is 17.3 Å². The third-order valence-electron chi connectivity index (χ3n) is 2.57. The molecular formula is C15H14BrN3O2. The number of para-hydroxylation sites is 1. The van der Waals surface area contributed by atoms with Crippen LogP contribution in [0.25, 0.3) is 0 Å². The van der Waals surface area contributed by atoms with Crippen LogP contribution in [0, 0.1) is 0 Å². The molecule has 0 amide bonds. The number of benzene rings is 2. The second-order valence-electron chi connectivity index (χ2n) is 4.06. The van der Waals surface area contributed by atoms with E-state index in [-0.39, 0.29) is 5.97 Å². The number of hydrogen-bond donors (Lipinski definition) is 1. The highest BCUT2D eigenvalue weighted by Gasteiger charge is 2.08. The van der Waals surface area contributed by atoms with Crippen LogP contribution < -0.4 is 5.43 Å². The predicted octanol–water partition coefficient (Wildman–Crippen LogP) is 4.74. The summed E-state index contributed by atoms with van der Waals surface area (Å²) in [5.41, 5.74) is 4.76. The van der Waals surface area contributed by atoms with Gasteiger partial charge in [0.25, 0.3) is 0 Å². The van der Waals surface area contributed by atoms with E-state index in [9.17, 15) is 4.79 Å². The summed E-state index contributed by atoms with van der Waals surface area (Å²) < 4.78 is 5.61. The fraction of sp³-hybridized carbons (Fsp3) is 0.133. The number of ether oxygens (including phenoxy) is 1. The molecule has 0 aliphatic carbocycles. The first-order chi connectivity index (χ1) is 10.2. The average molecular weight is 348 g/mol. The number of hydrogen-bond acceptors (Lipinski definition) is 4. The van der Waals surface area contributed by atoms with Gasteiger partial charge in [-0.1, -0.05) is 23.4 Å². The molecular weight excluding hydrogens is 334 g/mol. The Kier molecular flexibility index (Phi) is 5.45. The van der Waals surface area contributed by atoms with Crippen molar-refractivity contribution in [2.75, 3.05) is 12.0 Å². The van der Waals surface area contributed by atoms with Gasteiger partial charge < -0.3 is 4.74 Å². The van der Waals surface area contributed by atoms with Gasteiger partial charge in [-0.25, -0.2) is 4.79 Å². The lowest BCUT2D eigenvalue weighted by molar-refractivity contribution is 0.0526. The monoisotopic (exact) mass is 347 g/mol. The summed E-state index contributed by atoms with van der Waals surface area (Å²) in [6, 6.07) is 14.5. The summed E-state index contributed by atoms with van der Waals surface area (Å²) in [5, 5.41) is 7.97. The molecule has 0 saturated heterocycles. The zero-order valence-corrected chi connectivity index (χ0v) is 13.0.